The second-order valence-corrected chi connectivity index (χ2v) is 9.64. The summed E-state index contributed by atoms with van der Waals surface area (Å²) in [6, 6.07) is 14.0. The predicted octanol–water partition coefficient (Wildman–Crippen LogP) is 2.02. The summed E-state index contributed by atoms with van der Waals surface area (Å²) in [4.78, 5) is 44.9. The van der Waals surface area contributed by atoms with Crippen molar-refractivity contribution in [3.05, 3.63) is 70.9 Å². The highest BCUT2D eigenvalue weighted by atomic mass is 16.5. The number of ether oxygens (including phenoxy) is 1. The van der Waals surface area contributed by atoms with Gasteiger partial charge in [0, 0.05) is 44.4 Å². The van der Waals surface area contributed by atoms with Crippen LogP contribution in [0, 0.1) is 11.3 Å². The number of hydrogen-bond acceptors (Lipinski definition) is 8. The van der Waals surface area contributed by atoms with Crippen molar-refractivity contribution in [2.45, 2.75) is 38.0 Å². The van der Waals surface area contributed by atoms with Crippen LogP contribution in [0.1, 0.15) is 40.7 Å². The molecule has 2 fully saturated rings. The maximum absolute atomic E-state index is 12.9. The van der Waals surface area contributed by atoms with Gasteiger partial charge in [0.05, 0.1) is 17.3 Å². The van der Waals surface area contributed by atoms with Gasteiger partial charge < -0.3 is 15.4 Å². The molecule has 2 saturated heterocycles. The fourth-order valence-corrected chi connectivity index (χ4v) is 5.06. The third-order valence-electron chi connectivity index (χ3n) is 7.00. The summed E-state index contributed by atoms with van der Waals surface area (Å²) < 4.78 is 6.24. The van der Waals surface area contributed by atoms with Crippen molar-refractivity contribution in [1.29, 1.82) is 5.26 Å². The van der Waals surface area contributed by atoms with Gasteiger partial charge in [-0.25, -0.2) is 0 Å². The Morgan fingerprint density at radius 1 is 1.21 bits per heavy atom. The lowest BCUT2D eigenvalue weighted by atomic mass is 10.0. The molecule has 0 spiro atoms. The van der Waals surface area contributed by atoms with E-state index >= 15 is 0 Å². The van der Waals surface area contributed by atoms with Crippen LogP contribution in [0.25, 0.3) is 0 Å². The van der Waals surface area contributed by atoms with Crippen LogP contribution in [0.5, 0.6) is 5.75 Å². The molecule has 0 aliphatic carbocycles. The average molecular weight is 513 g/mol. The van der Waals surface area contributed by atoms with E-state index in [1.165, 1.54) is 11.1 Å². The van der Waals surface area contributed by atoms with Gasteiger partial charge in [-0.15, -0.1) is 0 Å². The Morgan fingerprint density at radius 3 is 2.87 bits per heavy atom. The summed E-state index contributed by atoms with van der Waals surface area (Å²) in [7, 11) is 0. The number of hydrogen-bond donors (Lipinski definition) is 2. The number of benzene rings is 2. The summed E-state index contributed by atoms with van der Waals surface area (Å²) >= 11 is 0. The number of fused-ring (bicyclic) bond motifs is 1. The molecular weight excluding hydrogens is 484 g/mol. The van der Waals surface area contributed by atoms with Crippen molar-refractivity contribution in [2.75, 3.05) is 19.6 Å². The third-order valence-corrected chi connectivity index (χ3v) is 7.00. The minimum atomic E-state index is -0.635. The number of carbonyl (C=O) groups excluding carboxylic acids is 3. The van der Waals surface area contributed by atoms with Crippen LogP contribution in [0.4, 0.5) is 5.69 Å². The fourth-order valence-electron chi connectivity index (χ4n) is 5.06. The number of aliphatic imine (C=N–C) groups is 1. The molecule has 10 heteroatoms. The Labute approximate surface area is 220 Å². The van der Waals surface area contributed by atoms with Crippen LogP contribution < -0.4 is 15.8 Å². The Bertz CT molecular complexity index is 1380. The highest BCUT2D eigenvalue weighted by molar-refractivity contribution is 6.05. The molecule has 0 bridgehead atoms. The van der Waals surface area contributed by atoms with Crippen LogP contribution in [0.15, 0.2) is 59.2 Å². The van der Waals surface area contributed by atoms with E-state index in [0.29, 0.717) is 48.6 Å². The standard InChI is InChI=1S/C28H28N6O4/c29-12-18-2-1-3-21(10-18)31-14-19(13-30)15-33-9-8-23(17-33)38-22-4-5-24-20(11-22)16-34(28(24)37)25-6-7-26(35)32-27(25)36/h1-5,10-11,13-14,23,25H,6-9,15-17,30H2,(H,32,35,36)/b19-13+,31-14?/t23-,25?/m0/s1. The summed E-state index contributed by atoms with van der Waals surface area (Å²) in [5.41, 5.74) is 9.32. The first-order chi connectivity index (χ1) is 18.4. The molecule has 5 rings (SSSR count). The smallest absolute Gasteiger partial charge is 0.255 e. The van der Waals surface area contributed by atoms with Crippen molar-refractivity contribution >= 4 is 29.6 Å². The van der Waals surface area contributed by atoms with E-state index in [0.717, 1.165) is 24.1 Å². The van der Waals surface area contributed by atoms with Crippen LogP contribution in [0.3, 0.4) is 0 Å². The number of nitrogens with two attached hydrogens (primary N) is 1. The Kier molecular flexibility index (Phi) is 7.20. The number of nitrogens with zero attached hydrogens (tertiary/aromatic N) is 4. The van der Waals surface area contributed by atoms with Crippen molar-refractivity contribution in [2.24, 2.45) is 10.7 Å². The number of imide groups is 1. The van der Waals surface area contributed by atoms with Gasteiger partial charge in [-0.3, -0.25) is 29.6 Å². The van der Waals surface area contributed by atoms with Gasteiger partial charge in [0.25, 0.3) is 5.91 Å². The van der Waals surface area contributed by atoms with Crippen molar-refractivity contribution in [1.82, 2.24) is 15.1 Å². The van der Waals surface area contributed by atoms with E-state index in [-0.39, 0.29) is 24.3 Å². The van der Waals surface area contributed by atoms with Gasteiger partial charge in [-0.05, 0) is 66.6 Å². The van der Waals surface area contributed by atoms with E-state index in [9.17, 15) is 14.4 Å². The van der Waals surface area contributed by atoms with Crippen molar-refractivity contribution < 1.29 is 19.1 Å². The van der Waals surface area contributed by atoms with Gasteiger partial charge in [-0.1, -0.05) is 6.07 Å². The second kappa shape index (κ2) is 10.9. The first-order valence-electron chi connectivity index (χ1n) is 12.5. The molecular formula is C28H28N6O4. The first-order valence-corrected chi connectivity index (χ1v) is 12.5. The second-order valence-electron chi connectivity index (χ2n) is 9.64. The third kappa shape index (κ3) is 5.43. The largest absolute Gasteiger partial charge is 0.489 e. The SMILES string of the molecule is N#Cc1cccc(N=C/C(=C\N)CN2CC[C@H](Oc3ccc4c(c3)CN(C3CCC(=O)NC3=O)C4=O)C2)c1. The van der Waals surface area contributed by atoms with Crippen LogP contribution in [0.2, 0.25) is 0 Å². The minimum Gasteiger partial charge on any atom is -0.489 e. The molecule has 2 aromatic rings. The normalized spacial score (nSPS) is 22.0. The average Bonchev–Trinajstić information content (AvgIpc) is 3.49. The lowest BCUT2D eigenvalue weighted by molar-refractivity contribution is -0.136. The van der Waals surface area contributed by atoms with Crippen molar-refractivity contribution in [3.8, 4) is 11.8 Å². The quantitative estimate of drug-likeness (QED) is 0.427. The molecule has 0 aromatic heterocycles. The molecule has 3 heterocycles. The number of rotatable bonds is 7. The summed E-state index contributed by atoms with van der Waals surface area (Å²) in [6.45, 7) is 2.49. The molecule has 1 unspecified atom stereocenters. The van der Waals surface area contributed by atoms with Gasteiger partial charge in [-0.2, -0.15) is 5.26 Å². The van der Waals surface area contributed by atoms with E-state index in [1.54, 1.807) is 36.5 Å². The zero-order valence-corrected chi connectivity index (χ0v) is 20.8. The number of likely N-dealkylation sites (tertiary alicyclic amines) is 1. The highest BCUT2D eigenvalue weighted by Gasteiger charge is 2.39. The highest BCUT2D eigenvalue weighted by Crippen LogP contribution is 2.31. The zero-order valence-electron chi connectivity index (χ0n) is 20.8. The summed E-state index contributed by atoms with van der Waals surface area (Å²) in [5.74, 6) is -0.239. The van der Waals surface area contributed by atoms with E-state index in [2.05, 4.69) is 21.3 Å². The van der Waals surface area contributed by atoms with E-state index < -0.39 is 11.9 Å². The predicted molar refractivity (Wildman–Crippen MR) is 140 cm³/mol. The van der Waals surface area contributed by atoms with Crippen molar-refractivity contribution in [3.63, 3.8) is 0 Å². The fraction of sp³-hybridized carbons (Fsp3) is 0.321. The number of nitriles is 1. The molecule has 3 N–H and O–H groups in total. The monoisotopic (exact) mass is 512 g/mol. The molecule has 3 aliphatic rings. The summed E-state index contributed by atoms with van der Waals surface area (Å²) in [6.07, 6.45) is 4.65. The molecule has 10 nitrogen and oxygen atoms in total. The van der Waals surface area contributed by atoms with Gasteiger partial charge >= 0.3 is 0 Å². The maximum Gasteiger partial charge on any atom is 0.255 e. The molecule has 0 radical (unpaired) electrons. The van der Waals surface area contributed by atoms with Crippen LogP contribution in [-0.2, 0) is 16.1 Å². The van der Waals surface area contributed by atoms with Gasteiger partial charge in [0.15, 0.2) is 0 Å². The Morgan fingerprint density at radius 2 is 2.08 bits per heavy atom. The number of nitrogens with one attached hydrogen (secondary N) is 1. The van der Waals surface area contributed by atoms with E-state index in [1.807, 2.05) is 12.1 Å². The number of carbonyl (C=O) groups is 3. The molecule has 38 heavy (non-hydrogen) atoms. The summed E-state index contributed by atoms with van der Waals surface area (Å²) in [5, 5.41) is 11.4. The molecule has 3 amide bonds. The molecule has 2 aromatic carbocycles. The lowest BCUT2D eigenvalue weighted by Crippen LogP contribution is -2.52. The van der Waals surface area contributed by atoms with E-state index in [4.69, 9.17) is 15.7 Å². The Balaban J connectivity index is 1.16. The van der Waals surface area contributed by atoms with Crippen LogP contribution >= 0.6 is 0 Å². The number of amides is 3. The van der Waals surface area contributed by atoms with Gasteiger partial charge in [0.2, 0.25) is 11.8 Å². The topological polar surface area (TPSA) is 141 Å². The number of piperidine rings is 1. The lowest BCUT2D eigenvalue weighted by Gasteiger charge is -2.29. The first kappa shape index (κ1) is 25.2. The molecule has 0 saturated carbocycles. The minimum absolute atomic E-state index is 0.0142. The molecule has 2 atom stereocenters. The zero-order chi connectivity index (χ0) is 26.6. The van der Waals surface area contributed by atoms with Gasteiger partial charge in [0.1, 0.15) is 17.9 Å². The van der Waals surface area contributed by atoms with Crippen LogP contribution in [-0.4, -0.2) is 65.5 Å². The molecule has 3 aliphatic heterocycles. The molecule has 194 valence electrons. The Hall–Kier alpha value is -4.49. The maximum atomic E-state index is 12.9.